The number of piperazine rings is 1. The van der Waals surface area contributed by atoms with Crippen molar-refractivity contribution < 1.29 is 38.1 Å². The molecule has 2 aliphatic rings. The third-order valence-corrected chi connectivity index (χ3v) is 6.82. The van der Waals surface area contributed by atoms with Gasteiger partial charge in [0.15, 0.2) is 11.5 Å². The fourth-order valence-electron chi connectivity index (χ4n) is 5.28. The molecule has 38 heavy (non-hydrogen) atoms. The highest BCUT2D eigenvalue weighted by Crippen LogP contribution is 2.51. The molecule has 2 heterocycles. The van der Waals surface area contributed by atoms with E-state index in [4.69, 9.17) is 23.7 Å². The van der Waals surface area contributed by atoms with Crippen LogP contribution in [0.15, 0.2) is 30.3 Å². The van der Waals surface area contributed by atoms with Crippen LogP contribution >= 0.6 is 0 Å². The molecular formula is C28H34N2O8. The van der Waals surface area contributed by atoms with E-state index >= 15 is 0 Å². The molecule has 2 aromatic rings. The Bertz CT molecular complexity index is 1210. The second kappa shape index (κ2) is 11.3. The predicted molar refractivity (Wildman–Crippen MR) is 137 cm³/mol. The lowest BCUT2D eigenvalue weighted by Gasteiger charge is -2.47. The van der Waals surface area contributed by atoms with Gasteiger partial charge < -0.3 is 28.6 Å². The first kappa shape index (κ1) is 27.3. The van der Waals surface area contributed by atoms with E-state index < -0.39 is 42.6 Å². The summed E-state index contributed by atoms with van der Waals surface area (Å²) in [6.07, 6.45) is -1.14. The zero-order valence-corrected chi connectivity index (χ0v) is 22.6. The maximum Gasteiger partial charge on any atom is 0.417 e. The molecule has 0 aliphatic carbocycles. The highest BCUT2D eigenvalue weighted by molar-refractivity contribution is 6.04. The highest BCUT2D eigenvalue weighted by Gasteiger charge is 2.51. The van der Waals surface area contributed by atoms with Gasteiger partial charge >= 0.3 is 6.09 Å². The molecule has 0 radical (unpaired) electrons. The summed E-state index contributed by atoms with van der Waals surface area (Å²) in [5, 5.41) is 0. The lowest BCUT2D eigenvalue weighted by atomic mass is 9.83. The molecule has 0 unspecified atom stereocenters. The van der Waals surface area contributed by atoms with Crippen LogP contribution in [-0.4, -0.2) is 74.3 Å². The normalized spacial score (nSPS) is 18.7. The van der Waals surface area contributed by atoms with Crippen molar-refractivity contribution >= 4 is 17.9 Å². The second-order valence-corrected chi connectivity index (χ2v) is 9.51. The molecule has 0 bridgehead atoms. The summed E-state index contributed by atoms with van der Waals surface area (Å²) in [6, 6.07) is 8.02. The standard InChI is InChI=1S/C28H34N2O8/c1-16(2)38-28(33)29-13-22(31)30-20(27(29)32)12-19-23(21(30)15-37-14-18-10-8-7-9-11-18)26(36-6)25(35-5)17(3)24(19)34-4/h7-11,16,20-21H,12-15H2,1-6H3/t20-,21-/m1/s1. The van der Waals surface area contributed by atoms with Crippen molar-refractivity contribution in [2.24, 2.45) is 0 Å². The fraction of sp³-hybridized carbons (Fsp3) is 0.464. The van der Waals surface area contributed by atoms with Gasteiger partial charge in [0.1, 0.15) is 18.3 Å². The summed E-state index contributed by atoms with van der Waals surface area (Å²) in [5.41, 5.74) is 3.04. The average molecular weight is 527 g/mol. The predicted octanol–water partition coefficient (Wildman–Crippen LogP) is 3.42. The van der Waals surface area contributed by atoms with E-state index in [1.54, 1.807) is 21.0 Å². The van der Waals surface area contributed by atoms with Crippen LogP contribution in [0.2, 0.25) is 0 Å². The number of rotatable bonds is 8. The van der Waals surface area contributed by atoms with Gasteiger partial charge in [0.25, 0.3) is 5.91 Å². The number of hydrogen-bond acceptors (Lipinski definition) is 8. The maximum atomic E-state index is 13.6. The lowest BCUT2D eigenvalue weighted by Crippen LogP contribution is -2.64. The van der Waals surface area contributed by atoms with Crippen LogP contribution < -0.4 is 14.2 Å². The molecular weight excluding hydrogens is 492 g/mol. The summed E-state index contributed by atoms with van der Waals surface area (Å²) in [4.78, 5) is 42.3. The second-order valence-electron chi connectivity index (χ2n) is 9.51. The largest absolute Gasteiger partial charge is 0.496 e. The molecule has 10 heteroatoms. The van der Waals surface area contributed by atoms with Gasteiger partial charge in [-0.15, -0.1) is 0 Å². The molecule has 0 aromatic heterocycles. The zero-order chi connectivity index (χ0) is 27.6. The van der Waals surface area contributed by atoms with Gasteiger partial charge in [-0.1, -0.05) is 30.3 Å². The van der Waals surface area contributed by atoms with Crippen LogP contribution in [0, 0.1) is 6.92 Å². The minimum atomic E-state index is -0.944. The minimum absolute atomic E-state index is 0.0829. The van der Waals surface area contributed by atoms with Crippen molar-refractivity contribution in [3.63, 3.8) is 0 Å². The minimum Gasteiger partial charge on any atom is -0.496 e. The molecule has 4 rings (SSSR count). The number of fused-ring (bicyclic) bond motifs is 2. The van der Waals surface area contributed by atoms with Crippen molar-refractivity contribution in [2.45, 2.75) is 52.0 Å². The Kier molecular flexibility index (Phi) is 8.11. The third-order valence-electron chi connectivity index (χ3n) is 6.82. The summed E-state index contributed by atoms with van der Waals surface area (Å²) < 4.78 is 28.6. The van der Waals surface area contributed by atoms with E-state index in [0.29, 0.717) is 40.5 Å². The molecule has 3 amide bonds. The fourth-order valence-corrected chi connectivity index (χ4v) is 5.28. The van der Waals surface area contributed by atoms with E-state index in [2.05, 4.69) is 0 Å². The smallest absolute Gasteiger partial charge is 0.417 e. The number of carbonyl (C=O) groups excluding carboxylic acids is 3. The molecule has 1 saturated heterocycles. The molecule has 10 nitrogen and oxygen atoms in total. The van der Waals surface area contributed by atoms with Gasteiger partial charge in [0.05, 0.1) is 46.7 Å². The Labute approximate surface area is 222 Å². The van der Waals surface area contributed by atoms with E-state index in [1.807, 2.05) is 37.3 Å². The first-order valence-corrected chi connectivity index (χ1v) is 12.5. The Morgan fingerprint density at radius 3 is 2.26 bits per heavy atom. The number of imide groups is 1. The first-order valence-electron chi connectivity index (χ1n) is 12.5. The molecule has 1 fully saturated rings. The highest BCUT2D eigenvalue weighted by atomic mass is 16.6. The third kappa shape index (κ3) is 4.88. The van der Waals surface area contributed by atoms with Gasteiger partial charge in [-0.25, -0.2) is 9.69 Å². The topological polar surface area (TPSA) is 104 Å². The summed E-state index contributed by atoms with van der Waals surface area (Å²) in [6.45, 7) is 5.18. The van der Waals surface area contributed by atoms with Gasteiger partial charge in [-0.3, -0.25) is 9.59 Å². The van der Waals surface area contributed by atoms with E-state index in [9.17, 15) is 14.4 Å². The number of hydrogen-bond donors (Lipinski definition) is 0. The van der Waals surface area contributed by atoms with E-state index in [-0.39, 0.29) is 13.0 Å². The average Bonchev–Trinajstić information content (AvgIpc) is 2.89. The summed E-state index contributed by atoms with van der Waals surface area (Å²) in [5.74, 6) is 0.563. The van der Waals surface area contributed by atoms with Crippen molar-refractivity contribution in [3.8, 4) is 17.2 Å². The molecule has 2 aromatic carbocycles. The molecule has 204 valence electrons. The lowest BCUT2D eigenvalue weighted by molar-refractivity contribution is -0.159. The molecule has 0 spiro atoms. The van der Waals surface area contributed by atoms with Crippen molar-refractivity contribution in [2.75, 3.05) is 34.5 Å². The van der Waals surface area contributed by atoms with Crippen LogP contribution in [0.1, 0.15) is 42.1 Å². The van der Waals surface area contributed by atoms with Gasteiger partial charge in [-0.2, -0.15) is 0 Å². The molecule has 2 aliphatic heterocycles. The van der Waals surface area contributed by atoms with Crippen molar-refractivity contribution in [1.82, 2.24) is 9.80 Å². The van der Waals surface area contributed by atoms with E-state index in [1.165, 1.54) is 19.1 Å². The van der Waals surface area contributed by atoms with Gasteiger partial charge in [0, 0.05) is 23.1 Å². The maximum absolute atomic E-state index is 13.6. The number of benzene rings is 2. The Morgan fingerprint density at radius 1 is 1.00 bits per heavy atom. The van der Waals surface area contributed by atoms with Crippen molar-refractivity contribution in [3.05, 3.63) is 52.6 Å². The van der Waals surface area contributed by atoms with Crippen molar-refractivity contribution in [1.29, 1.82) is 0 Å². The van der Waals surface area contributed by atoms with Crippen LogP contribution in [0.4, 0.5) is 4.79 Å². The molecule has 2 atom stereocenters. The number of ether oxygens (including phenoxy) is 5. The quantitative estimate of drug-likeness (QED) is 0.516. The number of methoxy groups -OCH3 is 3. The Balaban J connectivity index is 1.80. The van der Waals surface area contributed by atoms with Crippen LogP contribution in [0.5, 0.6) is 17.2 Å². The number of amides is 3. The Hall–Kier alpha value is -3.79. The van der Waals surface area contributed by atoms with Crippen LogP contribution in [0.25, 0.3) is 0 Å². The number of nitrogens with zero attached hydrogens (tertiary/aromatic N) is 2. The SMILES string of the molecule is COc1c(C)c(OC)c(OC)c2c1C[C@@H]1C(=O)N(C(=O)OC(C)C)CC(=O)N1[C@@H]2COCc1ccccc1. The van der Waals surface area contributed by atoms with Crippen LogP contribution in [0.3, 0.4) is 0 Å². The first-order chi connectivity index (χ1) is 18.2. The molecule has 0 N–H and O–H groups in total. The van der Waals surface area contributed by atoms with E-state index in [0.717, 1.165) is 10.5 Å². The van der Waals surface area contributed by atoms with Gasteiger partial charge in [-0.05, 0) is 26.3 Å². The van der Waals surface area contributed by atoms with Gasteiger partial charge in [0.2, 0.25) is 5.91 Å². The Morgan fingerprint density at radius 2 is 1.66 bits per heavy atom. The zero-order valence-electron chi connectivity index (χ0n) is 22.6. The number of carbonyl (C=O) groups is 3. The van der Waals surface area contributed by atoms with Crippen LogP contribution in [-0.2, 0) is 32.1 Å². The molecule has 0 saturated carbocycles. The summed E-state index contributed by atoms with van der Waals surface area (Å²) in [7, 11) is 4.61. The monoisotopic (exact) mass is 526 g/mol. The summed E-state index contributed by atoms with van der Waals surface area (Å²) >= 11 is 0.